The number of piperazine rings is 1. The maximum absolute atomic E-state index is 13.4. The normalized spacial score (nSPS) is 22.2. The molecule has 3 amide bonds. The highest BCUT2D eigenvalue weighted by atomic mass is 16.5. The number of nitrogens with one attached hydrogen (secondary N) is 2. The van der Waals surface area contributed by atoms with Crippen LogP contribution in [0.4, 0.5) is 4.79 Å². The number of ether oxygens (including phenoxy) is 1. The van der Waals surface area contributed by atoms with Crippen LogP contribution in [0.2, 0.25) is 0 Å². The third kappa shape index (κ3) is 6.54. The zero-order valence-electron chi connectivity index (χ0n) is 21.0. The quantitative estimate of drug-likeness (QED) is 0.471. The topological polar surface area (TPSA) is 91.0 Å². The van der Waals surface area contributed by atoms with Crippen molar-refractivity contribution in [1.82, 2.24) is 20.4 Å². The summed E-state index contributed by atoms with van der Waals surface area (Å²) in [7, 11) is 0. The third-order valence-electron chi connectivity index (χ3n) is 7.55. The Labute approximate surface area is 208 Å². The highest BCUT2D eigenvalue weighted by Crippen LogP contribution is 2.36. The average Bonchev–Trinajstić information content (AvgIpc) is 3.69. The summed E-state index contributed by atoms with van der Waals surface area (Å²) in [6.07, 6.45) is 6.53. The Morgan fingerprint density at radius 2 is 1.89 bits per heavy atom. The Kier molecular flexibility index (Phi) is 8.65. The molecule has 4 rings (SSSR count). The smallest absolute Gasteiger partial charge is 0.407 e. The molecule has 2 N–H and O–H groups in total. The first kappa shape index (κ1) is 25.5. The predicted octanol–water partition coefficient (Wildman–Crippen LogP) is 3.06. The first-order valence-electron chi connectivity index (χ1n) is 13.3. The molecule has 1 atom stereocenters. The fourth-order valence-electron chi connectivity index (χ4n) is 5.33. The fourth-order valence-corrected chi connectivity index (χ4v) is 5.33. The predicted molar refractivity (Wildman–Crippen MR) is 134 cm³/mol. The number of carbonyl (C=O) groups excluding carboxylic acids is 3. The molecule has 0 aromatic heterocycles. The highest BCUT2D eigenvalue weighted by molar-refractivity contribution is 6.00. The summed E-state index contributed by atoms with van der Waals surface area (Å²) in [5.74, 6) is 0.906. The Bertz CT molecular complexity index is 865. The minimum atomic E-state index is -0.687. The molecule has 2 heterocycles. The number of carbonyl (C=O) groups is 3. The van der Waals surface area contributed by atoms with Crippen molar-refractivity contribution in [2.24, 2.45) is 5.92 Å². The van der Waals surface area contributed by atoms with Crippen molar-refractivity contribution in [1.29, 1.82) is 0 Å². The maximum Gasteiger partial charge on any atom is 0.407 e. The van der Waals surface area contributed by atoms with Gasteiger partial charge in [-0.05, 0) is 62.8 Å². The van der Waals surface area contributed by atoms with E-state index < -0.39 is 17.7 Å². The van der Waals surface area contributed by atoms with Crippen LogP contribution in [-0.4, -0.2) is 72.0 Å². The van der Waals surface area contributed by atoms with Gasteiger partial charge in [0.05, 0.1) is 0 Å². The SMILES string of the molecule is CCCN1C(=O)[C@H](CCCCNC(=O)OCc2ccccc2)NC(=O)C12CCN(CC1CC1)CC2. The lowest BCUT2D eigenvalue weighted by Gasteiger charge is -2.51. The van der Waals surface area contributed by atoms with Gasteiger partial charge in [0.1, 0.15) is 18.2 Å². The maximum atomic E-state index is 13.4. The van der Waals surface area contributed by atoms with Gasteiger partial charge in [-0.25, -0.2) is 4.79 Å². The van der Waals surface area contributed by atoms with E-state index in [4.69, 9.17) is 4.74 Å². The second-order valence-electron chi connectivity index (χ2n) is 10.3. The van der Waals surface area contributed by atoms with Gasteiger partial charge in [-0.1, -0.05) is 37.3 Å². The molecular weight excluding hydrogens is 444 g/mol. The average molecular weight is 485 g/mol. The summed E-state index contributed by atoms with van der Waals surface area (Å²) in [5.41, 5.74) is 0.255. The first-order valence-corrected chi connectivity index (χ1v) is 13.3. The molecule has 35 heavy (non-hydrogen) atoms. The van der Waals surface area contributed by atoms with Gasteiger partial charge in [0.2, 0.25) is 11.8 Å². The summed E-state index contributed by atoms with van der Waals surface area (Å²) >= 11 is 0. The number of unbranched alkanes of at least 4 members (excludes halogenated alkanes) is 1. The lowest BCUT2D eigenvalue weighted by molar-refractivity contribution is -0.161. The van der Waals surface area contributed by atoms with Crippen LogP contribution in [-0.2, 0) is 20.9 Å². The molecule has 1 aromatic rings. The summed E-state index contributed by atoms with van der Waals surface area (Å²) in [6, 6.07) is 9.07. The van der Waals surface area contributed by atoms with E-state index >= 15 is 0 Å². The molecule has 0 radical (unpaired) electrons. The van der Waals surface area contributed by atoms with E-state index in [1.165, 1.54) is 12.8 Å². The number of amides is 3. The summed E-state index contributed by atoms with van der Waals surface area (Å²) in [6.45, 7) is 6.30. The summed E-state index contributed by atoms with van der Waals surface area (Å²) < 4.78 is 5.22. The number of piperidine rings is 1. The molecule has 8 heteroatoms. The van der Waals surface area contributed by atoms with Crippen LogP contribution in [0, 0.1) is 5.92 Å². The number of hydrogen-bond donors (Lipinski definition) is 2. The fraction of sp³-hybridized carbons (Fsp3) is 0.667. The minimum Gasteiger partial charge on any atom is -0.445 e. The Balaban J connectivity index is 1.20. The third-order valence-corrected chi connectivity index (χ3v) is 7.55. The zero-order chi connectivity index (χ0) is 24.7. The van der Waals surface area contributed by atoms with Crippen molar-refractivity contribution in [3.63, 3.8) is 0 Å². The number of benzene rings is 1. The van der Waals surface area contributed by atoms with Gasteiger partial charge in [0, 0.05) is 32.7 Å². The molecular formula is C27H40N4O4. The van der Waals surface area contributed by atoms with Gasteiger partial charge in [-0.15, -0.1) is 0 Å². The lowest BCUT2D eigenvalue weighted by atomic mass is 9.81. The van der Waals surface area contributed by atoms with Crippen molar-refractivity contribution >= 4 is 17.9 Å². The number of alkyl carbamates (subject to hydrolysis) is 1. The van der Waals surface area contributed by atoms with Crippen molar-refractivity contribution < 1.29 is 19.1 Å². The first-order chi connectivity index (χ1) is 17.0. The molecule has 3 aliphatic rings. The van der Waals surface area contributed by atoms with E-state index in [9.17, 15) is 14.4 Å². The molecule has 0 bridgehead atoms. The highest BCUT2D eigenvalue weighted by Gasteiger charge is 2.53. The molecule has 192 valence electrons. The molecule has 1 aliphatic carbocycles. The van der Waals surface area contributed by atoms with Crippen molar-refractivity contribution in [2.75, 3.05) is 32.7 Å². The van der Waals surface area contributed by atoms with Crippen molar-refractivity contribution in [2.45, 2.75) is 76.5 Å². The molecule has 3 fully saturated rings. The van der Waals surface area contributed by atoms with Gasteiger partial charge in [-0.2, -0.15) is 0 Å². The van der Waals surface area contributed by atoms with Crippen LogP contribution < -0.4 is 10.6 Å². The second-order valence-corrected chi connectivity index (χ2v) is 10.3. The van der Waals surface area contributed by atoms with Gasteiger partial charge < -0.3 is 25.2 Å². The van der Waals surface area contributed by atoms with Crippen molar-refractivity contribution in [3.05, 3.63) is 35.9 Å². The van der Waals surface area contributed by atoms with E-state index in [-0.39, 0.29) is 18.4 Å². The molecule has 0 unspecified atom stereocenters. The zero-order valence-corrected chi connectivity index (χ0v) is 21.0. The van der Waals surface area contributed by atoms with Crippen LogP contribution in [0.15, 0.2) is 30.3 Å². The van der Waals surface area contributed by atoms with Crippen molar-refractivity contribution in [3.8, 4) is 0 Å². The number of rotatable bonds is 11. The van der Waals surface area contributed by atoms with Gasteiger partial charge >= 0.3 is 6.09 Å². The number of nitrogens with zero attached hydrogens (tertiary/aromatic N) is 2. The van der Waals surface area contributed by atoms with E-state index in [0.717, 1.165) is 63.2 Å². The Morgan fingerprint density at radius 1 is 1.14 bits per heavy atom. The molecule has 2 saturated heterocycles. The van der Waals surface area contributed by atoms with Gasteiger partial charge in [0.25, 0.3) is 0 Å². The van der Waals surface area contributed by atoms with Crippen LogP contribution in [0.3, 0.4) is 0 Å². The lowest BCUT2D eigenvalue weighted by Crippen LogP contribution is -2.72. The summed E-state index contributed by atoms with van der Waals surface area (Å²) in [4.78, 5) is 43.0. The molecule has 1 spiro atoms. The van der Waals surface area contributed by atoms with E-state index in [1.54, 1.807) is 0 Å². The Hall–Kier alpha value is -2.61. The van der Waals surface area contributed by atoms with Crippen LogP contribution in [0.25, 0.3) is 0 Å². The standard InChI is InChI=1S/C27H40N4O4/c1-2-16-31-24(32)23(10-6-7-15-28-26(34)35-20-22-8-4-3-5-9-22)29-25(33)27(31)13-17-30(18-14-27)19-21-11-12-21/h3-5,8-9,21,23H,2,6-7,10-20H2,1H3,(H,28,34)(H,29,33)/t23-/m0/s1. The minimum absolute atomic E-state index is 0.0178. The largest absolute Gasteiger partial charge is 0.445 e. The van der Waals surface area contributed by atoms with E-state index in [0.29, 0.717) is 19.5 Å². The van der Waals surface area contributed by atoms with Crippen LogP contribution in [0.5, 0.6) is 0 Å². The van der Waals surface area contributed by atoms with Gasteiger partial charge in [-0.3, -0.25) is 9.59 Å². The van der Waals surface area contributed by atoms with Gasteiger partial charge in [0.15, 0.2) is 0 Å². The van der Waals surface area contributed by atoms with Crippen LogP contribution >= 0.6 is 0 Å². The molecule has 1 saturated carbocycles. The summed E-state index contributed by atoms with van der Waals surface area (Å²) in [5, 5.41) is 5.82. The van der Waals surface area contributed by atoms with E-state index in [1.807, 2.05) is 35.2 Å². The molecule has 1 aromatic carbocycles. The number of likely N-dealkylation sites (tertiary alicyclic amines) is 1. The number of hydrogen-bond acceptors (Lipinski definition) is 5. The molecule has 8 nitrogen and oxygen atoms in total. The molecule has 2 aliphatic heterocycles. The Morgan fingerprint density at radius 3 is 2.57 bits per heavy atom. The monoisotopic (exact) mass is 484 g/mol. The second kappa shape index (κ2) is 11.9. The van der Waals surface area contributed by atoms with E-state index in [2.05, 4.69) is 22.5 Å². The van der Waals surface area contributed by atoms with Crippen LogP contribution in [0.1, 0.15) is 63.9 Å².